The van der Waals surface area contributed by atoms with E-state index >= 15 is 0 Å². The number of carbonyl (C=O) groups is 2. The summed E-state index contributed by atoms with van der Waals surface area (Å²) in [5.41, 5.74) is 0. The van der Waals surface area contributed by atoms with E-state index in [2.05, 4.69) is 0 Å². The molecule has 1 unspecified atom stereocenters. The van der Waals surface area contributed by atoms with Gasteiger partial charge in [-0.3, -0.25) is 14.5 Å². The molecule has 0 spiro atoms. The van der Waals surface area contributed by atoms with Crippen molar-refractivity contribution < 1.29 is 18.0 Å². The summed E-state index contributed by atoms with van der Waals surface area (Å²) in [5, 5.41) is 0. The quantitative estimate of drug-likeness (QED) is 0.585. The molecule has 2 heterocycles. The summed E-state index contributed by atoms with van der Waals surface area (Å²) in [4.78, 5) is 28.0. The molecular formula is C12H21N3O4S. The number of carbonyl (C=O) groups excluding carboxylic acids is 2. The van der Waals surface area contributed by atoms with Gasteiger partial charge in [0.05, 0.1) is 18.1 Å². The van der Waals surface area contributed by atoms with Gasteiger partial charge in [0.15, 0.2) is 9.84 Å². The predicted octanol–water partition coefficient (Wildman–Crippen LogP) is -1.59. The highest BCUT2D eigenvalue weighted by molar-refractivity contribution is 7.91. The SMILES string of the molecule is CN(C(=O)CN1CCN(C=O)CC1)C1CCS(=O)(=O)C1. The molecule has 0 N–H and O–H groups in total. The molecule has 2 rings (SSSR count). The molecular weight excluding hydrogens is 282 g/mol. The Hall–Kier alpha value is -1.15. The van der Waals surface area contributed by atoms with Crippen LogP contribution >= 0.6 is 0 Å². The van der Waals surface area contributed by atoms with Gasteiger partial charge in [0.2, 0.25) is 12.3 Å². The van der Waals surface area contributed by atoms with Crippen molar-refractivity contribution in [3.05, 3.63) is 0 Å². The number of rotatable bonds is 4. The van der Waals surface area contributed by atoms with Crippen molar-refractivity contribution in [3.8, 4) is 0 Å². The molecule has 20 heavy (non-hydrogen) atoms. The molecule has 0 radical (unpaired) electrons. The maximum atomic E-state index is 12.2. The maximum absolute atomic E-state index is 12.2. The van der Waals surface area contributed by atoms with Crippen molar-refractivity contribution >= 4 is 22.2 Å². The summed E-state index contributed by atoms with van der Waals surface area (Å²) in [6.45, 7) is 2.93. The molecule has 0 aromatic heterocycles. The van der Waals surface area contributed by atoms with Crippen molar-refractivity contribution in [1.29, 1.82) is 0 Å². The number of nitrogens with zero attached hydrogens (tertiary/aromatic N) is 3. The fourth-order valence-corrected chi connectivity index (χ4v) is 4.39. The number of hydrogen-bond acceptors (Lipinski definition) is 5. The van der Waals surface area contributed by atoms with Gasteiger partial charge in [-0.1, -0.05) is 0 Å². The summed E-state index contributed by atoms with van der Waals surface area (Å²) in [5.74, 6) is 0.202. The van der Waals surface area contributed by atoms with Crippen molar-refractivity contribution in [2.75, 3.05) is 51.3 Å². The lowest BCUT2D eigenvalue weighted by Crippen LogP contribution is -2.50. The summed E-state index contributed by atoms with van der Waals surface area (Å²) in [6.07, 6.45) is 1.36. The van der Waals surface area contributed by atoms with Crippen LogP contribution in [0.3, 0.4) is 0 Å². The third-order valence-corrected chi connectivity index (χ3v) is 5.81. The molecule has 114 valence electrons. The Morgan fingerprint density at radius 3 is 2.45 bits per heavy atom. The van der Waals surface area contributed by atoms with E-state index in [0.717, 1.165) is 6.41 Å². The second kappa shape index (κ2) is 6.09. The molecule has 2 aliphatic rings. The molecule has 0 aliphatic carbocycles. The zero-order valence-electron chi connectivity index (χ0n) is 11.7. The maximum Gasteiger partial charge on any atom is 0.236 e. The largest absolute Gasteiger partial charge is 0.343 e. The van der Waals surface area contributed by atoms with E-state index in [4.69, 9.17) is 0 Å². The molecule has 0 bridgehead atoms. The van der Waals surface area contributed by atoms with Crippen LogP contribution in [0.1, 0.15) is 6.42 Å². The van der Waals surface area contributed by atoms with Crippen LogP contribution in [-0.4, -0.2) is 92.8 Å². The normalized spacial score (nSPS) is 26.4. The Balaban J connectivity index is 1.81. The smallest absolute Gasteiger partial charge is 0.236 e. The third-order valence-electron chi connectivity index (χ3n) is 4.06. The minimum atomic E-state index is -2.97. The first-order valence-corrected chi connectivity index (χ1v) is 8.61. The van der Waals surface area contributed by atoms with Crippen molar-refractivity contribution in [3.63, 3.8) is 0 Å². The van der Waals surface area contributed by atoms with Gasteiger partial charge in [-0.2, -0.15) is 0 Å². The summed E-state index contributed by atoms with van der Waals surface area (Å²) >= 11 is 0. The van der Waals surface area contributed by atoms with Crippen LogP contribution < -0.4 is 0 Å². The van der Waals surface area contributed by atoms with Crippen molar-refractivity contribution in [1.82, 2.24) is 14.7 Å². The Labute approximate surface area is 119 Å². The van der Waals surface area contributed by atoms with Crippen LogP contribution in [0.25, 0.3) is 0 Å². The Morgan fingerprint density at radius 1 is 1.30 bits per heavy atom. The second-order valence-electron chi connectivity index (χ2n) is 5.48. The highest BCUT2D eigenvalue weighted by atomic mass is 32.2. The van der Waals surface area contributed by atoms with Gasteiger partial charge in [0.25, 0.3) is 0 Å². The van der Waals surface area contributed by atoms with Crippen molar-refractivity contribution in [2.45, 2.75) is 12.5 Å². The van der Waals surface area contributed by atoms with Crippen LogP contribution in [0.5, 0.6) is 0 Å². The van der Waals surface area contributed by atoms with Gasteiger partial charge >= 0.3 is 0 Å². The summed E-state index contributed by atoms with van der Waals surface area (Å²) in [7, 11) is -1.29. The molecule has 0 saturated carbocycles. The summed E-state index contributed by atoms with van der Waals surface area (Å²) < 4.78 is 22.9. The first kappa shape index (κ1) is 15.2. The van der Waals surface area contributed by atoms with Gasteiger partial charge in [-0.25, -0.2) is 8.42 Å². The number of piperazine rings is 1. The van der Waals surface area contributed by atoms with Gasteiger partial charge in [-0.05, 0) is 6.42 Å². The van der Waals surface area contributed by atoms with E-state index in [1.165, 1.54) is 0 Å². The highest BCUT2D eigenvalue weighted by Crippen LogP contribution is 2.16. The van der Waals surface area contributed by atoms with Gasteiger partial charge in [0, 0.05) is 39.3 Å². The average Bonchev–Trinajstić information content (AvgIpc) is 2.79. The molecule has 2 amide bonds. The fraction of sp³-hybridized carbons (Fsp3) is 0.833. The molecule has 1 atom stereocenters. The molecule has 8 heteroatoms. The number of hydrogen-bond donors (Lipinski definition) is 0. The summed E-state index contributed by atoms with van der Waals surface area (Å²) in [6, 6.07) is -0.191. The third kappa shape index (κ3) is 3.69. The second-order valence-corrected chi connectivity index (χ2v) is 7.71. The Bertz CT molecular complexity index is 471. The van der Waals surface area contributed by atoms with Crippen LogP contribution in [0, 0.1) is 0 Å². The lowest BCUT2D eigenvalue weighted by atomic mass is 10.2. The molecule has 0 aromatic carbocycles. The number of amides is 2. The Kier molecular flexibility index (Phi) is 4.64. The van der Waals surface area contributed by atoms with Gasteiger partial charge in [-0.15, -0.1) is 0 Å². The minimum Gasteiger partial charge on any atom is -0.343 e. The Morgan fingerprint density at radius 2 is 1.95 bits per heavy atom. The molecule has 0 aromatic rings. The van der Waals surface area contributed by atoms with Crippen LogP contribution in [-0.2, 0) is 19.4 Å². The predicted molar refractivity (Wildman–Crippen MR) is 73.9 cm³/mol. The zero-order valence-corrected chi connectivity index (χ0v) is 12.5. The standard InChI is InChI=1S/C12H21N3O4S/c1-13(11-2-7-20(18,19)9-11)12(17)8-14-3-5-15(10-16)6-4-14/h10-11H,2-9H2,1H3. The van der Waals surface area contributed by atoms with E-state index in [-0.39, 0.29) is 23.5 Å². The van der Waals surface area contributed by atoms with E-state index in [9.17, 15) is 18.0 Å². The lowest BCUT2D eigenvalue weighted by molar-refractivity contribution is -0.133. The number of likely N-dealkylation sites (N-methyl/N-ethyl adjacent to an activating group) is 1. The van der Waals surface area contributed by atoms with E-state index in [1.54, 1.807) is 16.8 Å². The molecule has 2 fully saturated rings. The molecule has 7 nitrogen and oxygen atoms in total. The average molecular weight is 303 g/mol. The van der Waals surface area contributed by atoms with E-state index < -0.39 is 9.84 Å². The fourth-order valence-electron chi connectivity index (χ4n) is 2.61. The zero-order chi connectivity index (χ0) is 14.8. The van der Waals surface area contributed by atoms with E-state index in [0.29, 0.717) is 39.1 Å². The van der Waals surface area contributed by atoms with Crippen LogP contribution in [0.4, 0.5) is 0 Å². The van der Waals surface area contributed by atoms with Gasteiger partial charge < -0.3 is 9.80 Å². The molecule has 2 saturated heterocycles. The highest BCUT2D eigenvalue weighted by Gasteiger charge is 2.33. The minimum absolute atomic E-state index is 0.0494. The van der Waals surface area contributed by atoms with Crippen LogP contribution in [0.15, 0.2) is 0 Å². The lowest BCUT2D eigenvalue weighted by Gasteiger charge is -2.33. The first-order chi connectivity index (χ1) is 9.41. The monoisotopic (exact) mass is 303 g/mol. The first-order valence-electron chi connectivity index (χ1n) is 6.79. The van der Waals surface area contributed by atoms with Crippen LogP contribution in [0.2, 0.25) is 0 Å². The number of sulfone groups is 1. The molecule has 2 aliphatic heterocycles. The van der Waals surface area contributed by atoms with Crippen molar-refractivity contribution in [2.24, 2.45) is 0 Å². The van der Waals surface area contributed by atoms with Gasteiger partial charge in [0.1, 0.15) is 0 Å². The topological polar surface area (TPSA) is 78.0 Å². The van der Waals surface area contributed by atoms with E-state index in [1.807, 2.05) is 4.90 Å².